The van der Waals surface area contributed by atoms with Crippen LogP contribution in [-0.2, 0) is 13.0 Å². The molecule has 0 spiro atoms. The Morgan fingerprint density at radius 3 is 2.58 bits per heavy atom. The number of para-hydroxylation sites is 1. The Bertz CT molecular complexity index is 1570. The van der Waals surface area contributed by atoms with Crippen LogP contribution in [0, 0.1) is 0 Å². The first kappa shape index (κ1) is 24.7. The molecule has 0 radical (unpaired) electrons. The summed E-state index contributed by atoms with van der Waals surface area (Å²) >= 11 is 0. The number of methoxy groups -OCH3 is 1. The zero-order chi connectivity index (χ0) is 26.5. The average Bonchev–Trinajstić information content (AvgIpc) is 3.41. The van der Waals surface area contributed by atoms with Gasteiger partial charge in [0.2, 0.25) is 0 Å². The van der Waals surface area contributed by atoms with Gasteiger partial charge in [-0.05, 0) is 53.9 Å². The number of phenols is 1. The highest BCUT2D eigenvalue weighted by atomic mass is 16.5. The highest BCUT2D eigenvalue weighted by Crippen LogP contribution is 2.29. The molecule has 0 unspecified atom stereocenters. The number of phenolic OH excluding ortho intramolecular Hbond substituents is 1. The molecule has 5 aromatic rings. The zero-order valence-electron chi connectivity index (χ0n) is 21.4. The Kier molecular flexibility index (Phi) is 7.13. The maximum Gasteiger partial charge on any atom is 0.157 e. The minimum absolute atomic E-state index is 0.183. The lowest BCUT2D eigenvalue weighted by atomic mass is 10.1. The van der Waals surface area contributed by atoms with E-state index < -0.39 is 0 Å². The number of aromatic hydroxyl groups is 1. The van der Waals surface area contributed by atoms with E-state index >= 15 is 0 Å². The largest absolute Gasteiger partial charge is 0.507 e. The molecule has 0 saturated carbocycles. The third kappa shape index (κ3) is 5.54. The van der Waals surface area contributed by atoms with Gasteiger partial charge in [0.25, 0.3) is 0 Å². The topological polar surface area (TPSA) is 95.7 Å². The SMILES string of the molecule is C=C(Nc1cccc(CNc2cc(-c3ccccc3O)nc3ccnn23)c1)Nc1cc(CC)cc(OC)c1. The molecule has 192 valence electrons. The van der Waals surface area contributed by atoms with E-state index in [-0.39, 0.29) is 5.75 Å². The van der Waals surface area contributed by atoms with Gasteiger partial charge in [0, 0.05) is 41.7 Å². The molecule has 5 rings (SSSR count). The van der Waals surface area contributed by atoms with Crippen molar-refractivity contribution in [3.63, 3.8) is 0 Å². The maximum atomic E-state index is 10.3. The number of nitrogens with one attached hydrogen (secondary N) is 3. The lowest BCUT2D eigenvalue weighted by molar-refractivity contribution is 0.414. The molecular weight excluding hydrogens is 476 g/mol. The van der Waals surface area contributed by atoms with E-state index in [0.717, 1.165) is 34.9 Å². The number of rotatable bonds is 10. The molecule has 0 atom stereocenters. The van der Waals surface area contributed by atoms with Gasteiger partial charge in [-0.15, -0.1) is 0 Å². The molecule has 0 amide bonds. The number of aromatic nitrogens is 3. The molecule has 0 bridgehead atoms. The van der Waals surface area contributed by atoms with Gasteiger partial charge in [-0.25, -0.2) is 4.98 Å². The number of hydrogen-bond donors (Lipinski definition) is 4. The number of aryl methyl sites for hydroxylation is 1. The summed E-state index contributed by atoms with van der Waals surface area (Å²) in [6.07, 6.45) is 2.62. The fraction of sp³-hybridized carbons (Fsp3) is 0.133. The van der Waals surface area contributed by atoms with Crippen molar-refractivity contribution < 1.29 is 9.84 Å². The van der Waals surface area contributed by atoms with E-state index in [9.17, 15) is 5.11 Å². The molecule has 38 heavy (non-hydrogen) atoms. The number of anilines is 3. The van der Waals surface area contributed by atoms with Crippen LogP contribution in [0.2, 0.25) is 0 Å². The van der Waals surface area contributed by atoms with Gasteiger partial charge >= 0.3 is 0 Å². The van der Waals surface area contributed by atoms with Crippen molar-refractivity contribution in [2.24, 2.45) is 0 Å². The van der Waals surface area contributed by atoms with Crippen LogP contribution in [0.4, 0.5) is 17.2 Å². The molecule has 0 saturated heterocycles. The first-order valence-corrected chi connectivity index (χ1v) is 12.4. The summed E-state index contributed by atoms with van der Waals surface area (Å²) in [5, 5.41) is 24.8. The monoisotopic (exact) mass is 506 g/mol. The summed E-state index contributed by atoms with van der Waals surface area (Å²) in [7, 11) is 1.67. The standard InChI is InChI=1S/C30H30N6O2/c1-4-21-14-24(17-25(16-21)38-3)34-20(2)33-23-9-7-8-22(15-23)19-31-30-18-27(26-10-5-6-11-28(26)37)35-29-12-13-32-36(29)30/h5-18,31,33-34,37H,2,4,19H2,1,3H3. The van der Waals surface area contributed by atoms with Crippen LogP contribution in [0.5, 0.6) is 11.5 Å². The molecule has 4 N–H and O–H groups in total. The van der Waals surface area contributed by atoms with E-state index in [0.29, 0.717) is 29.3 Å². The van der Waals surface area contributed by atoms with Crippen LogP contribution < -0.4 is 20.7 Å². The molecule has 3 aromatic carbocycles. The van der Waals surface area contributed by atoms with Crippen molar-refractivity contribution in [3.05, 3.63) is 109 Å². The average molecular weight is 507 g/mol. The van der Waals surface area contributed by atoms with Crippen LogP contribution in [0.3, 0.4) is 0 Å². The van der Waals surface area contributed by atoms with E-state index in [1.54, 1.807) is 30.0 Å². The van der Waals surface area contributed by atoms with E-state index in [1.807, 2.05) is 48.5 Å². The summed E-state index contributed by atoms with van der Waals surface area (Å²) in [4.78, 5) is 4.65. The van der Waals surface area contributed by atoms with Crippen LogP contribution in [0.15, 0.2) is 97.5 Å². The lowest BCUT2D eigenvalue weighted by Gasteiger charge is -2.15. The number of hydrogen-bond acceptors (Lipinski definition) is 7. The second-order valence-electron chi connectivity index (χ2n) is 8.85. The molecule has 8 heteroatoms. The highest BCUT2D eigenvalue weighted by Gasteiger charge is 2.11. The van der Waals surface area contributed by atoms with Crippen molar-refractivity contribution in [1.29, 1.82) is 0 Å². The molecule has 8 nitrogen and oxygen atoms in total. The van der Waals surface area contributed by atoms with Crippen LogP contribution in [-0.4, -0.2) is 26.8 Å². The molecule has 0 aliphatic rings. The zero-order valence-corrected chi connectivity index (χ0v) is 21.4. The maximum absolute atomic E-state index is 10.3. The van der Waals surface area contributed by atoms with Gasteiger partial charge in [-0.3, -0.25) is 0 Å². The number of ether oxygens (including phenoxy) is 1. The summed E-state index contributed by atoms with van der Waals surface area (Å²) in [5.41, 5.74) is 6.10. The van der Waals surface area contributed by atoms with E-state index in [2.05, 4.69) is 57.7 Å². The van der Waals surface area contributed by atoms with Crippen molar-refractivity contribution in [3.8, 4) is 22.8 Å². The normalized spacial score (nSPS) is 10.8. The summed E-state index contributed by atoms with van der Waals surface area (Å²) < 4.78 is 7.16. The Morgan fingerprint density at radius 2 is 1.76 bits per heavy atom. The number of benzene rings is 3. The van der Waals surface area contributed by atoms with Crippen LogP contribution >= 0.6 is 0 Å². The molecule has 0 fully saturated rings. The predicted octanol–water partition coefficient (Wildman–Crippen LogP) is 6.28. The third-order valence-corrected chi connectivity index (χ3v) is 6.14. The van der Waals surface area contributed by atoms with Gasteiger partial charge in [-0.1, -0.05) is 37.8 Å². The Hall–Kier alpha value is -4.98. The summed E-state index contributed by atoms with van der Waals surface area (Å²) in [6.45, 7) is 6.81. The fourth-order valence-electron chi connectivity index (χ4n) is 4.25. The second kappa shape index (κ2) is 11.0. The highest BCUT2D eigenvalue weighted by molar-refractivity contribution is 5.71. The van der Waals surface area contributed by atoms with Gasteiger partial charge < -0.3 is 25.8 Å². The van der Waals surface area contributed by atoms with Gasteiger partial charge in [0.15, 0.2) is 5.65 Å². The molecular formula is C30H30N6O2. The third-order valence-electron chi connectivity index (χ3n) is 6.14. The summed E-state index contributed by atoms with van der Waals surface area (Å²) in [5.74, 6) is 2.42. The quantitative estimate of drug-likeness (QED) is 0.177. The van der Waals surface area contributed by atoms with Gasteiger partial charge in [-0.2, -0.15) is 9.61 Å². The van der Waals surface area contributed by atoms with Crippen molar-refractivity contribution >= 4 is 22.8 Å². The lowest BCUT2D eigenvalue weighted by Crippen LogP contribution is -2.09. The minimum atomic E-state index is 0.183. The Labute approximate surface area is 221 Å². The number of nitrogens with zero attached hydrogens (tertiary/aromatic N) is 3. The van der Waals surface area contributed by atoms with Gasteiger partial charge in [0.05, 0.1) is 19.0 Å². The first-order valence-electron chi connectivity index (χ1n) is 12.4. The van der Waals surface area contributed by atoms with E-state index in [1.165, 1.54) is 5.56 Å². The first-order chi connectivity index (χ1) is 18.5. The molecule has 0 aliphatic carbocycles. The fourth-order valence-corrected chi connectivity index (χ4v) is 4.25. The Morgan fingerprint density at radius 1 is 0.947 bits per heavy atom. The minimum Gasteiger partial charge on any atom is -0.507 e. The number of fused-ring (bicyclic) bond motifs is 1. The molecule has 2 aromatic heterocycles. The second-order valence-corrected chi connectivity index (χ2v) is 8.85. The predicted molar refractivity (Wildman–Crippen MR) is 153 cm³/mol. The van der Waals surface area contributed by atoms with Gasteiger partial charge in [0.1, 0.15) is 23.1 Å². The van der Waals surface area contributed by atoms with Crippen molar-refractivity contribution in [2.75, 3.05) is 23.1 Å². The smallest absolute Gasteiger partial charge is 0.157 e. The molecule has 2 heterocycles. The van der Waals surface area contributed by atoms with Crippen LogP contribution in [0.25, 0.3) is 16.9 Å². The van der Waals surface area contributed by atoms with Crippen molar-refractivity contribution in [2.45, 2.75) is 19.9 Å². The van der Waals surface area contributed by atoms with Crippen LogP contribution in [0.1, 0.15) is 18.1 Å². The van der Waals surface area contributed by atoms with Crippen molar-refractivity contribution in [1.82, 2.24) is 14.6 Å². The Balaban J connectivity index is 1.30. The van der Waals surface area contributed by atoms with E-state index in [4.69, 9.17) is 4.74 Å². The summed E-state index contributed by atoms with van der Waals surface area (Å²) in [6, 6.07) is 25.1. The molecule has 0 aliphatic heterocycles.